The van der Waals surface area contributed by atoms with E-state index >= 15 is 0 Å². The van der Waals surface area contributed by atoms with Crippen LogP contribution in [0.3, 0.4) is 0 Å². The number of nitrogens with zero attached hydrogens (tertiary/aromatic N) is 3. The Morgan fingerprint density at radius 1 is 0.970 bits per heavy atom. The first kappa shape index (κ1) is 22.6. The van der Waals surface area contributed by atoms with Crippen molar-refractivity contribution in [3.8, 4) is 0 Å². The summed E-state index contributed by atoms with van der Waals surface area (Å²) >= 11 is 6.12. The monoisotopic (exact) mass is 460 g/mol. The van der Waals surface area contributed by atoms with Crippen LogP contribution in [0.5, 0.6) is 0 Å². The lowest BCUT2D eigenvalue weighted by molar-refractivity contribution is -0.131. The van der Waals surface area contributed by atoms with Gasteiger partial charge in [-0.2, -0.15) is 0 Å². The Labute approximate surface area is 197 Å². The number of carbonyl (C=O) groups excluding carboxylic acids is 2. The van der Waals surface area contributed by atoms with Crippen molar-refractivity contribution in [1.82, 2.24) is 19.8 Å². The second-order valence-corrected chi connectivity index (χ2v) is 8.23. The van der Waals surface area contributed by atoms with Gasteiger partial charge in [0, 0.05) is 26.6 Å². The molecule has 7 heteroatoms. The van der Waals surface area contributed by atoms with Crippen molar-refractivity contribution in [1.29, 1.82) is 0 Å². The zero-order valence-electron chi connectivity index (χ0n) is 18.4. The minimum Gasteiger partial charge on any atom is -0.352 e. The van der Waals surface area contributed by atoms with Crippen molar-refractivity contribution < 1.29 is 9.59 Å². The van der Waals surface area contributed by atoms with Crippen molar-refractivity contribution in [2.24, 2.45) is 0 Å². The molecule has 1 heterocycles. The van der Waals surface area contributed by atoms with Crippen LogP contribution in [0.25, 0.3) is 11.0 Å². The molecular formula is C26H25ClN4O2. The number of nitrogens with one attached hydrogen (secondary N) is 1. The molecule has 4 rings (SSSR count). The maximum Gasteiger partial charge on any atom is 0.252 e. The molecule has 33 heavy (non-hydrogen) atoms. The first-order valence-corrected chi connectivity index (χ1v) is 11.2. The van der Waals surface area contributed by atoms with Crippen LogP contribution in [0, 0.1) is 0 Å². The molecule has 0 atom stereocenters. The SMILES string of the molecule is CN(Cc1ccccc1)C(=O)Cn1c(CCNC(=O)c2ccccc2Cl)nc2ccccc21. The van der Waals surface area contributed by atoms with Gasteiger partial charge in [0.05, 0.1) is 21.6 Å². The number of para-hydroxylation sites is 2. The van der Waals surface area contributed by atoms with Crippen LogP contribution < -0.4 is 5.32 Å². The van der Waals surface area contributed by atoms with Crippen molar-refractivity contribution in [3.05, 3.63) is 101 Å². The Hall–Kier alpha value is -3.64. The summed E-state index contributed by atoms with van der Waals surface area (Å²) in [4.78, 5) is 31.9. The van der Waals surface area contributed by atoms with E-state index in [4.69, 9.17) is 16.6 Å². The average Bonchev–Trinajstić information content (AvgIpc) is 3.17. The molecule has 2 amide bonds. The molecule has 0 radical (unpaired) electrons. The predicted molar refractivity (Wildman–Crippen MR) is 130 cm³/mol. The Kier molecular flexibility index (Phi) is 7.05. The van der Waals surface area contributed by atoms with Crippen molar-refractivity contribution in [2.75, 3.05) is 13.6 Å². The predicted octanol–water partition coefficient (Wildman–Crippen LogP) is 4.32. The van der Waals surface area contributed by atoms with Crippen molar-refractivity contribution in [2.45, 2.75) is 19.5 Å². The second kappa shape index (κ2) is 10.3. The third kappa shape index (κ3) is 5.41. The van der Waals surface area contributed by atoms with Gasteiger partial charge in [0.25, 0.3) is 5.91 Å². The zero-order chi connectivity index (χ0) is 23.2. The van der Waals surface area contributed by atoms with E-state index in [0.29, 0.717) is 30.1 Å². The maximum atomic E-state index is 13.0. The highest BCUT2D eigenvalue weighted by atomic mass is 35.5. The number of hydrogen-bond acceptors (Lipinski definition) is 3. The van der Waals surface area contributed by atoms with Gasteiger partial charge in [-0.05, 0) is 29.8 Å². The fraction of sp³-hybridized carbons (Fsp3) is 0.192. The van der Waals surface area contributed by atoms with E-state index in [1.54, 1.807) is 36.2 Å². The van der Waals surface area contributed by atoms with Crippen LogP contribution in [0.15, 0.2) is 78.9 Å². The van der Waals surface area contributed by atoms with Crippen molar-refractivity contribution in [3.63, 3.8) is 0 Å². The van der Waals surface area contributed by atoms with Gasteiger partial charge in [-0.25, -0.2) is 4.98 Å². The average molecular weight is 461 g/mol. The largest absolute Gasteiger partial charge is 0.352 e. The standard InChI is InChI=1S/C26H25ClN4O2/c1-30(17-19-9-3-2-4-10-19)25(32)18-31-23-14-8-7-13-22(23)29-24(31)15-16-28-26(33)20-11-5-6-12-21(20)27/h2-14H,15-18H2,1H3,(H,28,33). The number of aromatic nitrogens is 2. The Balaban J connectivity index is 1.47. The topological polar surface area (TPSA) is 67.2 Å². The van der Waals surface area contributed by atoms with Crippen LogP contribution in [-0.2, 0) is 24.3 Å². The second-order valence-electron chi connectivity index (χ2n) is 7.82. The Morgan fingerprint density at radius 3 is 2.45 bits per heavy atom. The highest BCUT2D eigenvalue weighted by Gasteiger charge is 2.17. The van der Waals surface area contributed by atoms with Crippen LogP contribution in [0.1, 0.15) is 21.7 Å². The lowest BCUT2D eigenvalue weighted by atomic mass is 10.2. The van der Waals surface area contributed by atoms with E-state index in [1.807, 2.05) is 59.2 Å². The Bertz CT molecular complexity index is 1270. The summed E-state index contributed by atoms with van der Waals surface area (Å²) in [6, 6.07) is 24.6. The molecule has 1 aromatic heterocycles. The third-order valence-corrected chi connectivity index (χ3v) is 5.80. The number of fused-ring (bicyclic) bond motifs is 1. The van der Waals surface area contributed by atoms with Gasteiger partial charge in [0.1, 0.15) is 12.4 Å². The first-order chi connectivity index (χ1) is 16.0. The van der Waals surface area contributed by atoms with Gasteiger partial charge < -0.3 is 14.8 Å². The van der Waals surface area contributed by atoms with E-state index in [1.165, 1.54) is 0 Å². The number of rotatable bonds is 8. The fourth-order valence-electron chi connectivity index (χ4n) is 3.72. The number of likely N-dealkylation sites (N-methyl/N-ethyl adjacent to an activating group) is 1. The van der Waals surface area contributed by atoms with Crippen LogP contribution in [0.4, 0.5) is 0 Å². The van der Waals surface area contributed by atoms with E-state index in [2.05, 4.69) is 5.32 Å². The summed E-state index contributed by atoms with van der Waals surface area (Å²) in [5, 5.41) is 3.31. The number of hydrogen-bond donors (Lipinski definition) is 1. The highest BCUT2D eigenvalue weighted by Crippen LogP contribution is 2.18. The number of halogens is 1. The van der Waals surface area contributed by atoms with Gasteiger partial charge in [0.2, 0.25) is 5.91 Å². The van der Waals surface area contributed by atoms with Gasteiger partial charge in [-0.15, -0.1) is 0 Å². The van der Waals surface area contributed by atoms with E-state index in [0.717, 1.165) is 22.4 Å². The minimum absolute atomic E-state index is 0.0108. The molecule has 0 unspecified atom stereocenters. The molecular weight excluding hydrogens is 436 g/mol. The van der Waals surface area contributed by atoms with E-state index < -0.39 is 0 Å². The summed E-state index contributed by atoms with van der Waals surface area (Å²) in [6.45, 7) is 1.09. The van der Waals surface area contributed by atoms with Crippen LogP contribution in [-0.4, -0.2) is 39.9 Å². The minimum atomic E-state index is -0.234. The molecule has 168 valence electrons. The molecule has 0 saturated carbocycles. The lowest BCUT2D eigenvalue weighted by Crippen LogP contribution is -2.31. The summed E-state index contributed by atoms with van der Waals surface area (Å²) in [6.07, 6.45) is 0.487. The summed E-state index contributed by atoms with van der Waals surface area (Å²) in [5.74, 6) is 0.502. The first-order valence-electron chi connectivity index (χ1n) is 10.8. The molecule has 0 fully saturated rings. The highest BCUT2D eigenvalue weighted by molar-refractivity contribution is 6.33. The van der Waals surface area contributed by atoms with Crippen molar-refractivity contribution >= 4 is 34.4 Å². The summed E-state index contributed by atoms with van der Waals surface area (Å²) in [7, 11) is 1.80. The number of benzene rings is 3. The van der Waals surface area contributed by atoms with Gasteiger partial charge in [-0.1, -0.05) is 66.2 Å². The molecule has 0 aliphatic carbocycles. The van der Waals surface area contributed by atoms with Crippen LogP contribution >= 0.6 is 11.6 Å². The smallest absolute Gasteiger partial charge is 0.252 e. The molecule has 0 aliphatic heterocycles. The van der Waals surface area contributed by atoms with E-state index in [-0.39, 0.29) is 18.4 Å². The molecule has 1 N–H and O–H groups in total. The third-order valence-electron chi connectivity index (χ3n) is 5.47. The fourth-order valence-corrected chi connectivity index (χ4v) is 3.94. The lowest BCUT2D eigenvalue weighted by Gasteiger charge is -2.19. The molecule has 6 nitrogen and oxygen atoms in total. The Morgan fingerprint density at radius 2 is 1.67 bits per heavy atom. The van der Waals surface area contributed by atoms with Crippen LogP contribution in [0.2, 0.25) is 5.02 Å². The number of carbonyl (C=O) groups is 2. The molecule has 3 aromatic carbocycles. The number of imidazole rings is 1. The number of amides is 2. The normalized spacial score (nSPS) is 10.8. The summed E-state index contributed by atoms with van der Waals surface area (Å²) in [5.41, 5.74) is 3.23. The quantitative estimate of drug-likeness (QED) is 0.426. The van der Waals surface area contributed by atoms with E-state index in [9.17, 15) is 9.59 Å². The zero-order valence-corrected chi connectivity index (χ0v) is 19.1. The van der Waals surface area contributed by atoms with Gasteiger partial charge in [0.15, 0.2) is 0 Å². The molecule has 0 aliphatic rings. The summed E-state index contributed by atoms with van der Waals surface area (Å²) < 4.78 is 1.93. The maximum absolute atomic E-state index is 13.0. The molecule has 0 spiro atoms. The molecule has 0 saturated heterocycles. The van der Waals surface area contributed by atoms with Gasteiger partial charge in [-0.3, -0.25) is 9.59 Å². The molecule has 0 bridgehead atoms. The molecule has 4 aromatic rings. The van der Waals surface area contributed by atoms with Gasteiger partial charge >= 0.3 is 0 Å².